The highest BCUT2D eigenvalue weighted by Gasteiger charge is 2.35. The minimum absolute atomic E-state index is 0.0348. The van der Waals surface area contributed by atoms with Gasteiger partial charge in [-0.15, -0.1) is 0 Å². The summed E-state index contributed by atoms with van der Waals surface area (Å²) in [5, 5.41) is 15.6. The number of amides is 2. The number of carbonyl (C=O) groups excluding carboxylic acids is 2. The lowest BCUT2D eigenvalue weighted by Gasteiger charge is -2.38. The van der Waals surface area contributed by atoms with Gasteiger partial charge in [0, 0.05) is 38.4 Å². The topological polar surface area (TPSA) is 103 Å². The number of anilines is 1. The normalized spacial score (nSPS) is 18.7. The molecule has 0 spiro atoms. The van der Waals surface area contributed by atoms with E-state index in [2.05, 4.69) is 15.5 Å². The third kappa shape index (κ3) is 5.32. The lowest BCUT2D eigenvalue weighted by atomic mass is 9.94. The maximum Gasteiger partial charge on any atom is 0.338 e. The zero-order chi connectivity index (χ0) is 24.9. The first kappa shape index (κ1) is 24.3. The van der Waals surface area contributed by atoms with Gasteiger partial charge in [0.25, 0.3) is 0 Å². The van der Waals surface area contributed by atoms with Gasteiger partial charge in [-0.1, -0.05) is 18.2 Å². The molecule has 1 fully saturated rings. The molecule has 2 aliphatic heterocycles. The molecule has 2 amide bonds. The molecular formula is C25H29FN4O5. The summed E-state index contributed by atoms with van der Waals surface area (Å²) >= 11 is 0. The van der Waals surface area contributed by atoms with Gasteiger partial charge < -0.3 is 30.1 Å². The van der Waals surface area contributed by atoms with Gasteiger partial charge in [0.2, 0.25) is 0 Å². The van der Waals surface area contributed by atoms with E-state index < -0.39 is 18.0 Å². The summed E-state index contributed by atoms with van der Waals surface area (Å²) in [7, 11) is 1.29. The molecule has 0 aromatic heterocycles. The van der Waals surface area contributed by atoms with Crippen molar-refractivity contribution >= 4 is 17.7 Å². The van der Waals surface area contributed by atoms with Gasteiger partial charge in [0.05, 0.1) is 31.0 Å². The van der Waals surface area contributed by atoms with E-state index in [1.54, 1.807) is 31.2 Å². The number of benzene rings is 2. The lowest BCUT2D eigenvalue weighted by Crippen LogP contribution is -2.51. The second-order valence-corrected chi connectivity index (χ2v) is 8.29. The number of para-hydroxylation sites is 1. The smallest absolute Gasteiger partial charge is 0.338 e. The summed E-state index contributed by atoms with van der Waals surface area (Å²) in [6.45, 7) is 4.90. The van der Waals surface area contributed by atoms with Crippen LogP contribution in [-0.2, 0) is 9.53 Å². The van der Waals surface area contributed by atoms with Crippen LogP contribution >= 0.6 is 0 Å². The summed E-state index contributed by atoms with van der Waals surface area (Å²) < 4.78 is 24.7. The zero-order valence-corrected chi connectivity index (χ0v) is 19.7. The number of urea groups is 1. The highest BCUT2D eigenvalue weighted by atomic mass is 19.1. The largest absolute Gasteiger partial charge is 0.504 e. The molecule has 2 aromatic rings. The van der Waals surface area contributed by atoms with Crippen molar-refractivity contribution in [1.82, 2.24) is 15.5 Å². The average Bonchev–Trinajstić information content (AvgIpc) is 2.85. The van der Waals surface area contributed by atoms with E-state index in [0.29, 0.717) is 56.3 Å². The third-order valence-corrected chi connectivity index (χ3v) is 6.12. The van der Waals surface area contributed by atoms with Crippen LogP contribution in [0.5, 0.6) is 11.5 Å². The van der Waals surface area contributed by atoms with Crippen LogP contribution in [0.4, 0.5) is 14.9 Å². The van der Waals surface area contributed by atoms with E-state index >= 15 is 0 Å². The Morgan fingerprint density at radius 2 is 1.91 bits per heavy atom. The van der Waals surface area contributed by atoms with E-state index in [1.165, 1.54) is 19.2 Å². The second-order valence-electron chi connectivity index (χ2n) is 8.29. The number of ether oxygens (including phenoxy) is 2. The van der Waals surface area contributed by atoms with Crippen molar-refractivity contribution in [1.29, 1.82) is 0 Å². The number of halogens is 1. The Bertz CT molecular complexity index is 1130. The van der Waals surface area contributed by atoms with Gasteiger partial charge in [0.1, 0.15) is 5.82 Å². The molecule has 4 rings (SSSR count). The van der Waals surface area contributed by atoms with E-state index in [-0.39, 0.29) is 22.9 Å². The van der Waals surface area contributed by atoms with Crippen molar-refractivity contribution in [3.05, 3.63) is 65.1 Å². The SMILES string of the molecule is CCOc1cc([C@H]2NC(=O)NC(CN3CCN(c4ccccc4F)CC3)=C2C(=O)OC)ccc1O. The first-order chi connectivity index (χ1) is 16.9. The summed E-state index contributed by atoms with van der Waals surface area (Å²) in [6.07, 6.45) is 0. The summed E-state index contributed by atoms with van der Waals surface area (Å²) in [5.41, 5.74) is 1.85. The monoisotopic (exact) mass is 484 g/mol. The summed E-state index contributed by atoms with van der Waals surface area (Å²) in [6, 6.07) is 10.1. The van der Waals surface area contributed by atoms with Crippen LogP contribution in [0.15, 0.2) is 53.7 Å². The van der Waals surface area contributed by atoms with Crippen LogP contribution in [-0.4, -0.2) is 68.4 Å². The number of piperazine rings is 1. The molecule has 35 heavy (non-hydrogen) atoms. The van der Waals surface area contributed by atoms with E-state index in [1.807, 2.05) is 11.0 Å². The first-order valence-corrected chi connectivity index (χ1v) is 11.5. The number of nitrogens with zero attached hydrogens (tertiary/aromatic N) is 2. The number of rotatable bonds is 7. The highest BCUT2D eigenvalue weighted by molar-refractivity contribution is 5.95. The maximum atomic E-state index is 14.2. The number of hydrogen-bond acceptors (Lipinski definition) is 7. The number of phenols is 1. The van der Waals surface area contributed by atoms with Gasteiger partial charge in [-0.25, -0.2) is 14.0 Å². The van der Waals surface area contributed by atoms with Gasteiger partial charge in [-0.3, -0.25) is 4.90 Å². The van der Waals surface area contributed by atoms with Crippen LogP contribution in [0.1, 0.15) is 18.5 Å². The lowest BCUT2D eigenvalue weighted by molar-refractivity contribution is -0.136. The predicted molar refractivity (Wildman–Crippen MR) is 128 cm³/mol. The third-order valence-electron chi connectivity index (χ3n) is 6.12. The van der Waals surface area contributed by atoms with E-state index in [9.17, 15) is 19.1 Å². The molecule has 3 N–H and O–H groups in total. The van der Waals surface area contributed by atoms with Gasteiger partial charge in [-0.05, 0) is 36.8 Å². The molecular weight excluding hydrogens is 455 g/mol. The molecule has 2 aliphatic rings. The van der Waals surface area contributed by atoms with Crippen LogP contribution < -0.4 is 20.3 Å². The molecule has 0 aliphatic carbocycles. The number of esters is 1. The van der Waals surface area contributed by atoms with E-state index in [4.69, 9.17) is 9.47 Å². The predicted octanol–water partition coefficient (Wildman–Crippen LogP) is 2.53. The van der Waals surface area contributed by atoms with Crippen molar-refractivity contribution in [2.75, 3.05) is 51.3 Å². The minimum Gasteiger partial charge on any atom is -0.504 e. The first-order valence-electron chi connectivity index (χ1n) is 11.5. The van der Waals surface area contributed by atoms with Crippen molar-refractivity contribution in [2.24, 2.45) is 0 Å². The molecule has 186 valence electrons. The van der Waals surface area contributed by atoms with Crippen LogP contribution in [0.2, 0.25) is 0 Å². The molecule has 2 aromatic carbocycles. The fourth-order valence-corrected chi connectivity index (χ4v) is 4.40. The second kappa shape index (κ2) is 10.6. The number of aromatic hydroxyl groups is 1. The van der Waals surface area contributed by atoms with Gasteiger partial charge in [-0.2, -0.15) is 0 Å². The zero-order valence-electron chi connectivity index (χ0n) is 19.7. The minimum atomic E-state index is -0.786. The summed E-state index contributed by atoms with van der Waals surface area (Å²) in [5.74, 6) is -0.612. The van der Waals surface area contributed by atoms with Crippen molar-refractivity contribution in [3.8, 4) is 11.5 Å². The molecule has 0 saturated carbocycles. The van der Waals surface area contributed by atoms with E-state index in [0.717, 1.165) is 0 Å². The van der Waals surface area contributed by atoms with Gasteiger partial charge in [0.15, 0.2) is 11.5 Å². The average molecular weight is 485 g/mol. The van der Waals surface area contributed by atoms with Crippen LogP contribution in [0.3, 0.4) is 0 Å². The molecule has 10 heteroatoms. The Labute approximate surface area is 203 Å². The fourth-order valence-electron chi connectivity index (χ4n) is 4.40. The molecule has 1 saturated heterocycles. The van der Waals surface area contributed by atoms with Crippen LogP contribution in [0, 0.1) is 5.82 Å². The number of methoxy groups -OCH3 is 1. The molecule has 9 nitrogen and oxygen atoms in total. The summed E-state index contributed by atoms with van der Waals surface area (Å²) in [4.78, 5) is 29.5. The van der Waals surface area contributed by atoms with Crippen LogP contribution in [0.25, 0.3) is 0 Å². The van der Waals surface area contributed by atoms with Gasteiger partial charge >= 0.3 is 12.0 Å². The van der Waals surface area contributed by atoms with Crippen molar-refractivity contribution < 1.29 is 28.6 Å². The molecule has 2 heterocycles. The van der Waals surface area contributed by atoms with Crippen molar-refractivity contribution in [2.45, 2.75) is 13.0 Å². The van der Waals surface area contributed by atoms with Crippen molar-refractivity contribution in [3.63, 3.8) is 0 Å². The number of carbonyl (C=O) groups is 2. The Hall–Kier alpha value is -3.79. The fraction of sp³-hybridized carbons (Fsp3) is 0.360. The Morgan fingerprint density at radius 3 is 2.60 bits per heavy atom. The maximum absolute atomic E-state index is 14.2. The highest BCUT2D eigenvalue weighted by Crippen LogP contribution is 2.34. The number of nitrogens with one attached hydrogen (secondary N) is 2. The molecule has 0 radical (unpaired) electrons. The number of hydrogen-bond donors (Lipinski definition) is 3. The number of phenolic OH excluding ortho intramolecular Hbond substituents is 1. The molecule has 1 atom stereocenters. The quantitative estimate of drug-likeness (QED) is 0.519. The Kier molecular flexibility index (Phi) is 7.40. The molecule has 0 bridgehead atoms. The molecule has 0 unspecified atom stereocenters. The Balaban J connectivity index is 1.58. The standard InChI is InChI=1S/C25H29FN4O5/c1-3-35-21-14-16(8-9-20(21)31)23-22(24(32)34-2)18(27-25(33)28-23)15-29-10-12-30(13-11-29)19-7-5-4-6-17(19)26/h4-9,14,23,31H,3,10-13,15H2,1-2H3,(H2,27,28,33)/t23-/m1/s1. The Morgan fingerprint density at radius 1 is 1.17 bits per heavy atom.